The van der Waals surface area contributed by atoms with Gasteiger partial charge in [-0.1, -0.05) is 32.0 Å². The number of carbonyl (C=O) groups is 1. The molecule has 176 valence electrons. The molecule has 1 unspecified atom stereocenters. The summed E-state index contributed by atoms with van der Waals surface area (Å²) in [7, 11) is 0. The Morgan fingerprint density at radius 1 is 1.12 bits per heavy atom. The molecule has 0 bridgehead atoms. The van der Waals surface area contributed by atoms with E-state index in [0.29, 0.717) is 12.0 Å². The Bertz CT molecular complexity index is 1120. The first kappa shape index (κ1) is 25.3. The van der Waals surface area contributed by atoms with Crippen molar-refractivity contribution in [2.45, 2.75) is 62.8 Å². The van der Waals surface area contributed by atoms with Crippen molar-refractivity contribution in [3.63, 3.8) is 0 Å². The van der Waals surface area contributed by atoms with Gasteiger partial charge in [0.15, 0.2) is 0 Å². The van der Waals surface area contributed by atoms with Gasteiger partial charge in [0, 0.05) is 21.8 Å². The highest BCUT2D eigenvalue weighted by Crippen LogP contribution is 2.43. The van der Waals surface area contributed by atoms with E-state index in [0.717, 1.165) is 43.7 Å². The van der Waals surface area contributed by atoms with Gasteiger partial charge in [-0.15, -0.1) is 23.1 Å². The molecule has 33 heavy (non-hydrogen) atoms. The highest BCUT2D eigenvalue weighted by Gasteiger charge is 2.30. The highest BCUT2D eigenvalue weighted by atomic mass is 32.2. The number of hydrogen-bond acceptors (Lipinski definition) is 4. The lowest BCUT2D eigenvalue weighted by molar-refractivity contribution is -0.138. The third kappa shape index (κ3) is 6.38. The van der Waals surface area contributed by atoms with Crippen LogP contribution in [0.15, 0.2) is 47.4 Å². The number of aryl methyl sites for hydroxylation is 2. The molecule has 0 aliphatic carbocycles. The fourth-order valence-electron chi connectivity index (χ4n) is 3.50. The summed E-state index contributed by atoms with van der Waals surface area (Å²) in [6.07, 6.45) is -3.75. The summed E-state index contributed by atoms with van der Waals surface area (Å²) >= 11 is 3.20. The number of nitrogens with zero attached hydrogens (tertiary/aromatic N) is 1. The van der Waals surface area contributed by atoms with Crippen molar-refractivity contribution in [2.75, 3.05) is 0 Å². The number of halogens is 3. The Morgan fingerprint density at radius 3 is 2.33 bits per heavy atom. The van der Waals surface area contributed by atoms with Crippen LogP contribution in [0.25, 0.3) is 10.6 Å². The predicted octanol–water partition coefficient (Wildman–Crippen LogP) is 8.13. The first-order chi connectivity index (χ1) is 15.5. The molecule has 0 radical (unpaired) electrons. The van der Waals surface area contributed by atoms with Gasteiger partial charge >= 0.3 is 12.1 Å². The molecular weight excluding hydrogens is 467 g/mol. The van der Waals surface area contributed by atoms with E-state index in [1.807, 2.05) is 19.1 Å². The number of hydrogen-bond donors (Lipinski definition) is 1. The van der Waals surface area contributed by atoms with Crippen LogP contribution < -0.4 is 0 Å². The summed E-state index contributed by atoms with van der Waals surface area (Å²) in [5.74, 6) is -0.570. The van der Waals surface area contributed by atoms with E-state index < -0.39 is 17.7 Å². The first-order valence-electron chi connectivity index (χ1n) is 10.6. The van der Waals surface area contributed by atoms with Crippen molar-refractivity contribution in [2.24, 2.45) is 0 Å². The molecule has 3 rings (SSSR count). The standard InChI is InChI=1S/C25H26F3NO2S2/c1-14(2)23-22(29-24(33-23)18-5-9-19(10-6-18)25(26,27)28)16(4)32-20-11-7-17(15(3)13-20)8-12-21(30)31/h5-7,9-11,13-14,16H,8,12H2,1-4H3,(H,30,31). The second kappa shape index (κ2) is 10.3. The Morgan fingerprint density at radius 2 is 1.79 bits per heavy atom. The number of rotatable bonds is 8. The molecule has 0 spiro atoms. The molecule has 0 amide bonds. The third-order valence-corrected chi connectivity index (χ3v) is 7.81. The Balaban J connectivity index is 1.83. The molecule has 0 fully saturated rings. The minimum absolute atomic E-state index is 0.0473. The molecule has 1 atom stereocenters. The van der Waals surface area contributed by atoms with E-state index in [-0.39, 0.29) is 17.6 Å². The Labute approximate surface area is 200 Å². The predicted molar refractivity (Wildman–Crippen MR) is 128 cm³/mol. The van der Waals surface area contributed by atoms with E-state index >= 15 is 0 Å². The van der Waals surface area contributed by atoms with Crippen LogP contribution in [0.4, 0.5) is 13.2 Å². The summed E-state index contributed by atoms with van der Waals surface area (Å²) in [4.78, 5) is 17.9. The van der Waals surface area contributed by atoms with Gasteiger partial charge < -0.3 is 5.11 Å². The molecule has 8 heteroatoms. The van der Waals surface area contributed by atoms with Crippen molar-refractivity contribution >= 4 is 29.1 Å². The van der Waals surface area contributed by atoms with E-state index in [1.54, 1.807) is 11.8 Å². The monoisotopic (exact) mass is 493 g/mol. The number of carboxylic acids is 1. The van der Waals surface area contributed by atoms with Crippen LogP contribution in [0, 0.1) is 6.92 Å². The van der Waals surface area contributed by atoms with Crippen molar-refractivity contribution in [1.29, 1.82) is 0 Å². The minimum atomic E-state index is -4.36. The summed E-state index contributed by atoms with van der Waals surface area (Å²) in [5.41, 5.74) is 3.04. The van der Waals surface area contributed by atoms with Crippen molar-refractivity contribution in [3.8, 4) is 10.6 Å². The van der Waals surface area contributed by atoms with Crippen LogP contribution in [0.1, 0.15) is 65.6 Å². The molecule has 1 heterocycles. The number of aliphatic carboxylic acids is 1. The van der Waals surface area contributed by atoms with Crippen LogP contribution in [0.2, 0.25) is 0 Å². The van der Waals surface area contributed by atoms with E-state index in [9.17, 15) is 18.0 Å². The molecule has 0 saturated heterocycles. The fourth-order valence-corrected chi connectivity index (χ4v) is 5.83. The van der Waals surface area contributed by atoms with Crippen LogP contribution >= 0.6 is 23.1 Å². The summed E-state index contributed by atoms with van der Waals surface area (Å²) in [6, 6.07) is 11.2. The van der Waals surface area contributed by atoms with E-state index in [4.69, 9.17) is 10.1 Å². The molecule has 3 aromatic rings. The molecule has 0 saturated carbocycles. The van der Waals surface area contributed by atoms with Crippen molar-refractivity contribution < 1.29 is 23.1 Å². The average molecular weight is 494 g/mol. The SMILES string of the molecule is Cc1cc(SC(C)c2nc(-c3ccc(C(F)(F)F)cc3)sc2C(C)C)ccc1CCC(=O)O. The summed E-state index contributed by atoms with van der Waals surface area (Å²) < 4.78 is 38.7. The summed E-state index contributed by atoms with van der Waals surface area (Å²) in [5, 5.41) is 9.67. The summed E-state index contributed by atoms with van der Waals surface area (Å²) in [6.45, 7) is 8.24. The van der Waals surface area contributed by atoms with Crippen molar-refractivity contribution in [1.82, 2.24) is 4.98 Å². The number of alkyl halides is 3. The lowest BCUT2D eigenvalue weighted by atomic mass is 10.0. The normalized spacial score (nSPS) is 12.8. The molecule has 0 aliphatic heterocycles. The van der Waals surface area contributed by atoms with Gasteiger partial charge in [0.2, 0.25) is 0 Å². The van der Waals surface area contributed by atoms with Gasteiger partial charge in [-0.3, -0.25) is 4.79 Å². The molecule has 3 nitrogen and oxygen atoms in total. The zero-order chi connectivity index (χ0) is 24.3. The fraction of sp³-hybridized carbons (Fsp3) is 0.360. The second-order valence-corrected chi connectivity index (χ2v) is 10.7. The molecule has 1 aromatic heterocycles. The molecule has 0 aliphatic rings. The van der Waals surface area contributed by atoms with Gasteiger partial charge in [0.05, 0.1) is 16.5 Å². The maximum Gasteiger partial charge on any atom is 0.416 e. The zero-order valence-electron chi connectivity index (χ0n) is 18.9. The van der Waals surface area contributed by atoms with Gasteiger partial charge in [-0.25, -0.2) is 4.98 Å². The lowest BCUT2D eigenvalue weighted by Gasteiger charge is -2.14. The average Bonchev–Trinajstić information content (AvgIpc) is 3.18. The maximum atomic E-state index is 12.9. The smallest absolute Gasteiger partial charge is 0.416 e. The number of thiazole rings is 1. The number of thioether (sulfide) groups is 1. The Kier molecular flexibility index (Phi) is 7.90. The van der Waals surface area contributed by atoms with E-state index in [1.165, 1.54) is 23.5 Å². The van der Waals surface area contributed by atoms with Gasteiger partial charge in [0.1, 0.15) is 5.01 Å². The van der Waals surface area contributed by atoms with E-state index in [2.05, 4.69) is 26.8 Å². The number of carboxylic acid groups (broad SMARTS) is 1. The molecular formula is C25H26F3NO2S2. The first-order valence-corrected chi connectivity index (χ1v) is 12.3. The van der Waals surface area contributed by atoms with Gasteiger partial charge in [-0.05, 0) is 61.6 Å². The van der Waals surface area contributed by atoms with Crippen LogP contribution in [-0.2, 0) is 17.4 Å². The minimum Gasteiger partial charge on any atom is -0.481 e. The lowest BCUT2D eigenvalue weighted by Crippen LogP contribution is -2.03. The largest absolute Gasteiger partial charge is 0.481 e. The number of benzene rings is 2. The van der Waals surface area contributed by atoms with Gasteiger partial charge in [-0.2, -0.15) is 13.2 Å². The van der Waals surface area contributed by atoms with Gasteiger partial charge in [0.25, 0.3) is 0 Å². The highest BCUT2D eigenvalue weighted by molar-refractivity contribution is 7.99. The maximum absolute atomic E-state index is 12.9. The van der Waals surface area contributed by atoms with Crippen LogP contribution in [-0.4, -0.2) is 16.1 Å². The third-order valence-electron chi connectivity index (χ3n) is 5.28. The topological polar surface area (TPSA) is 50.2 Å². The molecule has 1 N–H and O–H groups in total. The second-order valence-electron chi connectivity index (χ2n) is 8.24. The van der Waals surface area contributed by atoms with Crippen LogP contribution in [0.3, 0.4) is 0 Å². The number of aromatic nitrogens is 1. The van der Waals surface area contributed by atoms with Crippen LogP contribution in [0.5, 0.6) is 0 Å². The Hall–Kier alpha value is -2.32. The molecule has 2 aromatic carbocycles. The zero-order valence-corrected chi connectivity index (χ0v) is 20.5. The quantitative estimate of drug-likeness (QED) is 0.322. The van der Waals surface area contributed by atoms with Crippen molar-refractivity contribution in [3.05, 3.63) is 69.7 Å².